The summed E-state index contributed by atoms with van der Waals surface area (Å²) in [5.74, 6) is 0.795. The fourth-order valence-corrected chi connectivity index (χ4v) is 2.18. The van der Waals surface area contributed by atoms with Crippen LogP contribution in [0.3, 0.4) is 0 Å². The van der Waals surface area contributed by atoms with E-state index in [0.29, 0.717) is 0 Å². The lowest BCUT2D eigenvalue weighted by molar-refractivity contribution is 0.595. The molecule has 0 aliphatic rings. The molecule has 0 saturated heterocycles. The number of allylic oxidation sites excluding steroid dienone is 1. The highest BCUT2D eigenvalue weighted by molar-refractivity contribution is 7.12. The molecule has 0 amide bonds. The predicted octanol–water partition coefficient (Wildman–Crippen LogP) is 4.21. The molecular weight excluding hydrogens is 190 g/mol. The van der Waals surface area contributed by atoms with E-state index in [1.807, 2.05) is 0 Å². The van der Waals surface area contributed by atoms with Gasteiger partial charge < -0.3 is 0 Å². The number of hydrogen-bond donors (Lipinski definition) is 0. The van der Waals surface area contributed by atoms with Gasteiger partial charge in [0.15, 0.2) is 0 Å². The second-order valence-electron chi connectivity index (χ2n) is 4.06. The first kappa shape index (κ1) is 11.4. The number of rotatable bonds is 4. The van der Waals surface area contributed by atoms with E-state index in [4.69, 9.17) is 0 Å². The Kier molecular flexibility index (Phi) is 4.33. The van der Waals surface area contributed by atoms with E-state index < -0.39 is 0 Å². The Balaban J connectivity index is 2.47. The number of nitrogens with zero attached hydrogens (tertiary/aromatic N) is 1. The van der Waals surface area contributed by atoms with Gasteiger partial charge in [0, 0.05) is 4.88 Å². The zero-order valence-electron chi connectivity index (χ0n) is 9.50. The average Bonchev–Trinajstić information content (AvgIpc) is 2.39. The molecule has 0 aliphatic heterocycles. The minimum atomic E-state index is 0.795. The molecule has 0 aromatic carbocycles. The Morgan fingerprint density at radius 2 is 2.07 bits per heavy atom. The highest BCUT2D eigenvalue weighted by atomic mass is 32.1. The molecule has 0 fully saturated rings. The number of thiazole rings is 1. The van der Waals surface area contributed by atoms with Gasteiger partial charge in [-0.25, -0.2) is 4.98 Å². The molecule has 1 rings (SSSR count). The molecule has 0 saturated carbocycles. The maximum Gasteiger partial charge on any atom is 0.0903 e. The molecule has 14 heavy (non-hydrogen) atoms. The van der Waals surface area contributed by atoms with Crippen molar-refractivity contribution >= 4 is 17.4 Å². The van der Waals surface area contributed by atoms with Crippen molar-refractivity contribution in [2.75, 3.05) is 0 Å². The summed E-state index contributed by atoms with van der Waals surface area (Å²) in [6, 6.07) is 0. The zero-order chi connectivity index (χ0) is 10.6. The maximum absolute atomic E-state index is 4.39. The van der Waals surface area contributed by atoms with Gasteiger partial charge in [-0.05, 0) is 38.7 Å². The van der Waals surface area contributed by atoms with Crippen molar-refractivity contribution in [3.63, 3.8) is 0 Å². The van der Waals surface area contributed by atoms with E-state index in [0.717, 1.165) is 16.6 Å². The van der Waals surface area contributed by atoms with E-state index in [2.05, 4.69) is 44.8 Å². The minimum Gasteiger partial charge on any atom is -0.246 e. The molecule has 1 nitrogen and oxygen atoms in total. The van der Waals surface area contributed by atoms with E-state index >= 15 is 0 Å². The van der Waals surface area contributed by atoms with Gasteiger partial charge in [0.25, 0.3) is 0 Å². The van der Waals surface area contributed by atoms with Gasteiger partial charge in [-0.15, -0.1) is 11.3 Å². The minimum absolute atomic E-state index is 0.795. The van der Waals surface area contributed by atoms with Crippen molar-refractivity contribution in [3.8, 4) is 0 Å². The lowest BCUT2D eigenvalue weighted by Crippen LogP contribution is -1.83. The molecule has 2 heteroatoms. The third-order valence-electron chi connectivity index (χ3n) is 2.12. The van der Waals surface area contributed by atoms with Crippen molar-refractivity contribution in [2.45, 2.75) is 40.5 Å². The lowest BCUT2D eigenvalue weighted by Gasteiger charge is -1.98. The SMILES string of the molecule is Cc1nc(C)c(/C=C\CCC(C)C)s1. The first-order chi connectivity index (χ1) is 6.59. The Hall–Kier alpha value is -0.630. The summed E-state index contributed by atoms with van der Waals surface area (Å²) in [6.07, 6.45) is 6.92. The summed E-state index contributed by atoms with van der Waals surface area (Å²) in [5.41, 5.74) is 1.16. The van der Waals surface area contributed by atoms with Crippen LogP contribution in [0.4, 0.5) is 0 Å². The van der Waals surface area contributed by atoms with Crippen LogP contribution in [0.15, 0.2) is 6.08 Å². The first-order valence-corrected chi connectivity index (χ1v) is 6.02. The van der Waals surface area contributed by atoms with Gasteiger partial charge in [0.1, 0.15) is 0 Å². The molecular formula is C12H19NS. The van der Waals surface area contributed by atoms with Crippen LogP contribution < -0.4 is 0 Å². The van der Waals surface area contributed by atoms with Crippen LogP contribution in [0.1, 0.15) is 42.3 Å². The molecule has 0 spiro atoms. The van der Waals surface area contributed by atoms with Gasteiger partial charge in [-0.3, -0.25) is 0 Å². The number of aromatic nitrogens is 1. The summed E-state index contributed by atoms with van der Waals surface area (Å²) in [7, 11) is 0. The van der Waals surface area contributed by atoms with Crippen LogP contribution in [0.5, 0.6) is 0 Å². The quantitative estimate of drug-likeness (QED) is 0.724. The van der Waals surface area contributed by atoms with Crippen LogP contribution in [-0.4, -0.2) is 4.98 Å². The monoisotopic (exact) mass is 209 g/mol. The first-order valence-electron chi connectivity index (χ1n) is 5.20. The maximum atomic E-state index is 4.39. The summed E-state index contributed by atoms with van der Waals surface area (Å²) in [6.45, 7) is 8.65. The predicted molar refractivity (Wildman–Crippen MR) is 64.7 cm³/mol. The van der Waals surface area contributed by atoms with Crippen molar-refractivity contribution in [3.05, 3.63) is 21.7 Å². The molecule has 1 aromatic rings. The normalized spacial score (nSPS) is 11.8. The van der Waals surface area contributed by atoms with Gasteiger partial charge in [-0.2, -0.15) is 0 Å². The van der Waals surface area contributed by atoms with Crippen molar-refractivity contribution < 1.29 is 0 Å². The number of aryl methyl sites for hydroxylation is 2. The molecule has 0 bridgehead atoms. The Labute approximate surface area is 90.9 Å². The molecule has 0 unspecified atom stereocenters. The highest BCUT2D eigenvalue weighted by Crippen LogP contribution is 2.19. The average molecular weight is 209 g/mol. The molecule has 0 radical (unpaired) electrons. The van der Waals surface area contributed by atoms with Crippen LogP contribution in [-0.2, 0) is 0 Å². The van der Waals surface area contributed by atoms with Gasteiger partial charge in [0.05, 0.1) is 10.7 Å². The molecule has 1 aromatic heterocycles. The standard InChI is InChI=1S/C12H19NS/c1-9(2)7-5-6-8-12-10(3)13-11(4)14-12/h6,8-9H,5,7H2,1-4H3/b8-6-. The van der Waals surface area contributed by atoms with Crippen molar-refractivity contribution in [1.29, 1.82) is 0 Å². The second-order valence-corrected chi connectivity index (χ2v) is 5.29. The summed E-state index contributed by atoms with van der Waals surface area (Å²) < 4.78 is 0. The Morgan fingerprint density at radius 3 is 2.57 bits per heavy atom. The molecule has 0 N–H and O–H groups in total. The van der Waals surface area contributed by atoms with Gasteiger partial charge >= 0.3 is 0 Å². The largest absolute Gasteiger partial charge is 0.246 e. The van der Waals surface area contributed by atoms with Crippen LogP contribution >= 0.6 is 11.3 Å². The summed E-state index contributed by atoms with van der Waals surface area (Å²) >= 11 is 1.78. The summed E-state index contributed by atoms with van der Waals surface area (Å²) in [4.78, 5) is 5.70. The van der Waals surface area contributed by atoms with Gasteiger partial charge in [-0.1, -0.05) is 19.9 Å². The van der Waals surface area contributed by atoms with Crippen molar-refractivity contribution in [1.82, 2.24) is 4.98 Å². The van der Waals surface area contributed by atoms with E-state index in [9.17, 15) is 0 Å². The van der Waals surface area contributed by atoms with Crippen LogP contribution in [0.2, 0.25) is 0 Å². The zero-order valence-corrected chi connectivity index (χ0v) is 10.3. The van der Waals surface area contributed by atoms with Crippen molar-refractivity contribution in [2.24, 2.45) is 5.92 Å². The highest BCUT2D eigenvalue weighted by Gasteiger charge is 1.99. The summed E-state index contributed by atoms with van der Waals surface area (Å²) in [5, 5.41) is 1.16. The third-order valence-corrected chi connectivity index (χ3v) is 3.16. The van der Waals surface area contributed by atoms with Crippen LogP contribution in [0.25, 0.3) is 6.08 Å². The van der Waals surface area contributed by atoms with E-state index in [-0.39, 0.29) is 0 Å². The van der Waals surface area contributed by atoms with E-state index in [1.165, 1.54) is 17.7 Å². The molecule has 0 aliphatic carbocycles. The molecule has 1 heterocycles. The lowest BCUT2D eigenvalue weighted by atomic mass is 10.1. The fraction of sp³-hybridized carbons (Fsp3) is 0.583. The van der Waals surface area contributed by atoms with E-state index in [1.54, 1.807) is 11.3 Å². The van der Waals surface area contributed by atoms with Gasteiger partial charge in [0.2, 0.25) is 0 Å². The molecule has 78 valence electrons. The third kappa shape index (κ3) is 3.62. The molecule has 0 atom stereocenters. The van der Waals surface area contributed by atoms with Crippen LogP contribution in [0, 0.1) is 19.8 Å². The Morgan fingerprint density at radius 1 is 1.36 bits per heavy atom. The smallest absolute Gasteiger partial charge is 0.0903 e. The number of hydrogen-bond acceptors (Lipinski definition) is 2. The second kappa shape index (κ2) is 5.30. The topological polar surface area (TPSA) is 12.9 Å². The fourth-order valence-electron chi connectivity index (χ4n) is 1.32. The Bertz CT molecular complexity index is 310.